The second-order valence-electron chi connectivity index (χ2n) is 10.3. The van der Waals surface area contributed by atoms with Crippen LogP contribution in [-0.2, 0) is 17.6 Å². The molecule has 1 aliphatic heterocycles. The van der Waals surface area contributed by atoms with Crippen LogP contribution in [0.5, 0.6) is 11.5 Å². The van der Waals surface area contributed by atoms with Crippen LogP contribution < -0.4 is 15.8 Å². The summed E-state index contributed by atoms with van der Waals surface area (Å²) in [6, 6.07) is 18.0. The number of carbonyl (C=O) groups is 1. The molecule has 1 unspecified atom stereocenters. The number of aliphatic imine (C=N–C) groups is 1. The number of anilines is 1. The zero-order valence-corrected chi connectivity index (χ0v) is 21.6. The van der Waals surface area contributed by atoms with Crippen molar-refractivity contribution in [3.05, 3.63) is 83.2 Å². The van der Waals surface area contributed by atoms with Gasteiger partial charge in [0, 0.05) is 23.9 Å². The van der Waals surface area contributed by atoms with Crippen LogP contribution in [0.15, 0.2) is 65.8 Å². The predicted molar refractivity (Wildman–Crippen MR) is 147 cm³/mol. The quantitative estimate of drug-likeness (QED) is 0.380. The zero-order chi connectivity index (χ0) is 25.8. The van der Waals surface area contributed by atoms with Crippen LogP contribution >= 0.6 is 0 Å². The van der Waals surface area contributed by atoms with Crippen molar-refractivity contribution in [1.82, 2.24) is 9.88 Å². The Labute approximate surface area is 218 Å². The first-order valence-electron chi connectivity index (χ1n) is 13.1. The number of aryl methyl sites for hydroxylation is 2. The maximum absolute atomic E-state index is 12.9. The molecule has 0 bridgehead atoms. The molecule has 3 aromatic rings. The highest BCUT2D eigenvalue weighted by atomic mass is 16.5. The summed E-state index contributed by atoms with van der Waals surface area (Å²) in [4.78, 5) is 24.4. The van der Waals surface area contributed by atoms with Crippen LogP contribution in [0.4, 0.5) is 5.69 Å². The Hall–Kier alpha value is -3.71. The van der Waals surface area contributed by atoms with Gasteiger partial charge in [-0.05, 0) is 106 Å². The summed E-state index contributed by atoms with van der Waals surface area (Å²) in [5.41, 5.74) is 11.3. The minimum Gasteiger partial charge on any atom is -0.457 e. The van der Waals surface area contributed by atoms with Crippen molar-refractivity contribution in [3.63, 3.8) is 0 Å². The highest BCUT2D eigenvalue weighted by molar-refractivity contribution is 5.96. The minimum absolute atomic E-state index is 0.0635. The first-order valence-corrected chi connectivity index (χ1v) is 13.1. The first-order chi connectivity index (χ1) is 17.9. The maximum Gasteiger partial charge on any atom is 0.227 e. The number of hydrogen-bond acceptors (Lipinski definition) is 5. The van der Waals surface area contributed by atoms with Crippen molar-refractivity contribution in [2.75, 3.05) is 25.5 Å². The van der Waals surface area contributed by atoms with Crippen LogP contribution in [0.1, 0.15) is 41.6 Å². The molecule has 5 rings (SSSR count). The van der Waals surface area contributed by atoms with E-state index in [0.29, 0.717) is 23.7 Å². The Bertz CT molecular complexity index is 1300. The van der Waals surface area contributed by atoms with Crippen LogP contribution in [0.2, 0.25) is 0 Å². The van der Waals surface area contributed by atoms with Crippen molar-refractivity contribution in [1.29, 1.82) is 0 Å². The van der Waals surface area contributed by atoms with Gasteiger partial charge in [0.15, 0.2) is 0 Å². The third kappa shape index (κ3) is 6.35. The number of ether oxygens (including phenoxy) is 1. The molecule has 1 saturated heterocycles. The normalized spacial score (nSPS) is 18.8. The fourth-order valence-electron chi connectivity index (χ4n) is 5.13. The van der Waals surface area contributed by atoms with E-state index in [9.17, 15) is 4.79 Å². The average Bonchev–Trinajstić information content (AvgIpc) is 2.90. The van der Waals surface area contributed by atoms with E-state index in [2.05, 4.69) is 34.4 Å². The molecule has 192 valence electrons. The average molecular weight is 498 g/mol. The van der Waals surface area contributed by atoms with Gasteiger partial charge in [-0.15, -0.1) is 0 Å². The first kappa shape index (κ1) is 25.0. The van der Waals surface area contributed by atoms with Gasteiger partial charge in [-0.25, -0.2) is 0 Å². The fourth-order valence-corrected chi connectivity index (χ4v) is 5.13. The highest BCUT2D eigenvalue weighted by Crippen LogP contribution is 2.31. The lowest BCUT2D eigenvalue weighted by Gasteiger charge is -2.26. The molecular formula is C30H35N5O2. The summed E-state index contributed by atoms with van der Waals surface area (Å²) in [5.74, 6) is 1.86. The molecule has 1 amide bonds. The Morgan fingerprint density at radius 1 is 1.05 bits per heavy atom. The lowest BCUT2D eigenvalue weighted by atomic mass is 9.83. The van der Waals surface area contributed by atoms with Crippen molar-refractivity contribution in [3.8, 4) is 11.5 Å². The van der Waals surface area contributed by atoms with Gasteiger partial charge in [0.25, 0.3) is 0 Å². The van der Waals surface area contributed by atoms with Gasteiger partial charge in [0.1, 0.15) is 23.0 Å². The number of nitrogens with zero attached hydrogens (tertiary/aromatic N) is 3. The third-order valence-electron chi connectivity index (χ3n) is 7.30. The summed E-state index contributed by atoms with van der Waals surface area (Å²) in [7, 11) is 2.13. The number of benzene rings is 2. The maximum atomic E-state index is 12.9. The van der Waals surface area contributed by atoms with Gasteiger partial charge in [-0.2, -0.15) is 0 Å². The number of amidine groups is 1. The van der Waals surface area contributed by atoms with Gasteiger partial charge >= 0.3 is 0 Å². The van der Waals surface area contributed by atoms with Crippen LogP contribution in [0.3, 0.4) is 0 Å². The second kappa shape index (κ2) is 11.1. The van der Waals surface area contributed by atoms with E-state index < -0.39 is 0 Å². The summed E-state index contributed by atoms with van der Waals surface area (Å²) < 4.78 is 6.19. The number of nitrogens with two attached hydrogens (primary N) is 1. The van der Waals surface area contributed by atoms with Crippen molar-refractivity contribution >= 4 is 17.4 Å². The van der Waals surface area contributed by atoms with E-state index >= 15 is 0 Å². The Morgan fingerprint density at radius 2 is 1.86 bits per heavy atom. The summed E-state index contributed by atoms with van der Waals surface area (Å²) in [6.45, 7) is 4.09. The van der Waals surface area contributed by atoms with Gasteiger partial charge in [0.05, 0.1) is 6.04 Å². The van der Waals surface area contributed by atoms with Gasteiger partial charge in [-0.3, -0.25) is 14.8 Å². The standard InChI is InChI=1S/C30H35N5O2/c1-20-4-3-5-25(16-20)34-30(36)22-7-6-21-8-9-26(18-23(21)17-22)37-27-10-13-32-28(19-27)29(31)33-24-11-14-35(2)15-12-24/h3-5,8-10,13,16,18-19,22,24H,6-7,11-12,14-15,17H2,1-2H3,(H2,31,33)(H,34,36). The number of likely N-dealkylation sites (tertiary alicyclic amines) is 1. The number of hydrogen-bond donors (Lipinski definition) is 2. The summed E-state index contributed by atoms with van der Waals surface area (Å²) in [6.07, 6.45) is 6.13. The van der Waals surface area contributed by atoms with Gasteiger partial charge in [-0.1, -0.05) is 18.2 Å². The number of fused-ring (bicyclic) bond motifs is 1. The summed E-state index contributed by atoms with van der Waals surface area (Å²) >= 11 is 0. The molecule has 7 heteroatoms. The number of piperidine rings is 1. The van der Waals surface area contributed by atoms with Crippen LogP contribution in [0, 0.1) is 12.8 Å². The molecule has 3 N–H and O–H groups in total. The number of carbonyl (C=O) groups excluding carboxylic acids is 1. The minimum atomic E-state index is -0.0635. The SMILES string of the molecule is Cc1cccc(NC(=O)C2CCc3ccc(Oc4ccnc(C(N)=NC5CCN(C)CC5)c4)cc3C2)c1. The highest BCUT2D eigenvalue weighted by Gasteiger charge is 2.25. The molecule has 2 heterocycles. The Morgan fingerprint density at radius 3 is 2.68 bits per heavy atom. The fraction of sp³-hybridized carbons (Fsp3) is 0.367. The largest absolute Gasteiger partial charge is 0.457 e. The molecule has 2 aliphatic rings. The molecule has 1 atom stereocenters. The second-order valence-corrected chi connectivity index (χ2v) is 10.3. The Balaban J connectivity index is 1.25. The molecule has 2 aromatic carbocycles. The lowest BCUT2D eigenvalue weighted by Crippen LogP contribution is -2.33. The summed E-state index contributed by atoms with van der Waals surface area (Å²) in [5, 5.41) is 3.08. The van der Waals surface area contributed by atoms with E-state index in [4.69, 9.17) is 15.5 Å². The lowest BCUT2D eigenvalue weighted by molar-refractivity contribution is -0.120. The number of amides is 1. The van der Waals surface area contributed by atoms with Crippen LogP contribution in [0.25, 0.3) is 0 Å². The molecular weight excluding hydrogens is 462 g/mol. The smallest absolute Gasteiger partial charge is 0.227 e. The monoisotopic (exact) mass is 497 g/mol. The zero-order valence-electron chi connectivity index (χ0n) is 21.6. The van der Waals surface area contributed by atoms with Gasteiger partial charge < -0.3 is 20.7 Å². The molecule has 1 fully saturated rings. The van der Waals surface area contributed by atoms with E-state index in [0.717, 1.165) is 61.3 Å². The Kier molecular flexibility index (Phi) is 7.51. The van der Waals surface area contributed by atoms with E-state index in [-0.39, 0.29) is 17.9 Å². The number of pyridine rings is 1. The van der Waals surface area contributed by atoms with E-state index in [1.54, 1.807) is 6.20 Å². The molecule has 0 radical (unpaired) electrons. The van der Waals surface area contributed by atoms with Crippen LogP contribution in [-0.4, -0.2) is 47.8 Å². The third-order valence-corrected chi connectivity index (χ3v) is 7.30. The van der Waals surface area contributed by atoms with Gasteiger partial charge in [0.2, 0.25) is 5.91 Å². The number of nitrogens with one attached hydrogen (secondary N) is 1. The van der Waals surface area contributed by atoms with E-state index in [1.807, 2.05) is 49.4 Å². The molecule has 1 aliphatic carbocycles. The molecule has 37 heavy (non-hydrogen) atoms. The molecule has 1 aromatic heterocycles. The van der Waals surface area contributed by atoms with Crippen molar-refractivity contribution < 1.29 is 9.53 Å². The van der Waals surface area contributed by atoms with Crippen molar-refractivity contribution in [2.45, 2.75) is 45.1 Å². The van der Waals surface area contributed by atoms with Crippen molar-refractivity contribution in [2.24, 2.45) is 16.6 Å². The number of aromatic nitrogens is 1. The molecule has 7 nitrogen and oxygen atoms in total. The molecule has 0 spiro atoms. The van der Waals surface area contributed by atoms with E-state index in [1.165, 1.54) is 5.56 Å². The predicted octanol–water partition coefficient (Wildman–Crippen LogP) is 4.73. The number of rotatable bonds is 6. The molecule has 0 saturated carbocycles. The topological polar surface area (TPSA) is 92.8 Å².